The normalized spacial score (nSPS) is 13.0. The van der Waals surface area contributed by atoms with Crippen LogP contribution in [0, 0.1) is 0 Å². The Kier molecular flexibility index (Phi) is 7.15. The lowest BCUT2D eigenvalue weighted by Crippen LogP contribution is -2.02. The first kappa shape index (κ1) is 10.0. The zero-order valence-corrected chi connectivity index (χ0v) is 7.62. The van der Waals surface area contributed by atoms with Crippen LogP contribution in [0.15, 0.2) is 0 Å². The Morgan fingerprint density at radius 1 is 1.50 bits per heavy atom. The van der Waals surface area contributed by atoms with E-state index in [1.807, 2.05) is 0 Å². The highest BCUT2D eigenvalue weighted by molar-refractivity contribution is 8.00. The van der Waals surface area contributed by atoms with Gasteiger partial charge in [-0.1, -0.05) is 20.3 Å². The minimum Gasteiger partial charge on any atom is -0.302 e. The van der Waals surface area contributed by atoms with Gasteiger partial charge in [-0.15, -0.1) is 0 Å². The maximum Gasteiger partial charge on any atom is 0.132 e. The van der Waals surface area contributed by atoms with Gasteiger partial charge in [0.15, 0.2) is 0 Å². The number of hydrogen-bond donors (Lipinski definition) is 0. The monoisotopic (exact) mass is 160 g/mol. The minimum absolute atomic E-state index is 0.242. The fraction of sp³-hybridized carbons (Fsp3) is 0.875. The lowest BCUT2D eigenvalue weighted by molar-refractivity contribution is -0.107. The van der Waals surface area contributed by atoms with Crippen molar-refractivity contribution in [2.45, 2.75) is 38.4 Å². The predicted octanol–water partition coefficient (Wildman–Crippen LogP) is 2.50. The number of rotatable bonds is 6. The molecule has 0 saturated carbocycles. The van der Waals surface area contributed by atoms with Crippen LogP contribution in [0.25, 0.3) is 0 Å². The van der Waals surface area contributed by atoms with Crippen molar-refractivity contribution in [2.24, 2.45) is 0 Å². The predicted molar refractivity (Wildman–Crippen MR) is 47.5 cm³/mol. The first-order valence-corrected chi connectivity index (χ1v) is 4.96. The molecule has 0 aliphatic heterocycles. The molecule has 1 unspecified atom stereocenters. The number of carbonyl (C=O) groups excluding carboxylic acids is 1. The van der Waals surface area contributed by atoms with Crippen LogP contribution in [0.5, 0.6) is 0 Å². The van der Waals surface area contributed by atoms with Crippen LogP contribution in [0.4, 0.5) is 0 Å². The molecule has 0 fully saturated rings. The molecule has 0 amide bonds. The van der Waals surface area contributed by atoms with Crippen LogP contribution in [0.3, 0.4) is 0 Å². The highest BCUT2D eigenvalue weighted by Gasteiger charge is 2.02. The third kappa shape index (κ3) is 4.86. The molecule has 0 aromatic carbocycles. The van der Waals surface area contributed by atoms with Gasteiger partial charge in [-0.25, -0.2) is 0 Å². The molecule has 0 aromatic rings. The van der Waals surface area contributed by atoms with Crippen molar-refractivity contribution in [2.75, 3.05) is 5.75 Å². The largest absolute Gasteiger partial charge is 0.302 e. The average molecular weight is 160 g/mol. The summed E-state index contributed by atoms with van der Waals surface area (Å²) in [5, 5.41) is 0.242. The summed E-state index contributed by atoms with van der Waals surface area (Å²) in [6.07, 6.45) is 4.48. The molecule has 0 heterocycles. The van der Waals surface area contributed by atoms with Gasteiger partial charge in [-0.2, -0.15) is 11.8 Å². The van der Waals surface area contributed by atoms with Crippen LogP contribution >= 0.6 is 11.8 Å². The van der Waals surface area contributed by atoms with E-state index >= 15 is 0 Å². The lowest BCUT2D eigenvalue weighted by atomic mass is 10.4. The van der Waals surface area contributed by atoms with Gasteiger partial charge in [0.1, 0.15) is 6.29 Å². The maximum absolute atomic E-state index is 10.3. The summed E-state index contributed by atoms with van der Waals surface area (Å²) < 4.78 is 0. The van der Waals surface area contributed by atoms with E-state index in [1.54, 1.807) is 11.8 Å². The van der Waals surface area contributed by atoms with Crippen LogP contribution in [-0.2, 0) is 4.79 Å². The quantitative estimate of drug-likeness (QED) is 0.438. The molecule has 10 heavy (non-hydrogen) atoms. The van der Waals surface area contributed by atoms with Crippen molar-refractivity contribution in [1.82, 2.24) is 0 Å². The van der Waals surface area contributed by atoms with Crippen LogP contribution in [0.2, 0.25) is 0 Å². The summed E-state index contributed by atoms with van der Waals surface area (Å²) in [6.45, 7) is 4.22. The zero-order chi connectivity index (χ0) is 7.82. The molecule has 0 spiro atoms. The van der Waals surface area contributed by atoms with Crippen LogP contribution < -0.4 is 0 Å². The van der Waals surface area contributed by atoms with Gasteiger partial charge in [-0.05, 0) is 18.6 Å². The van der Waals surface area contributed by atoms with Gasteiger partial charge in [0.05, 0.1) is 5.25 Å². The molecule has 60 valence electrons. The smallest absolute Gasteiger partial charge is 0.132 e. The Hall–Kier alpha value is 0.0200. The number of carbonyl (C=O) groups is 1. The summed E-state index contributed by atoms with van der Waals surface area (Å²) >= 11 is 1.78. The molecule has 2 heteroatoms. The molecule has 0 saturated heterocycles. The van der Waals surface area contributed by atoms with E-state index in [0.717, 1.165) is 18.5 Å². The van der Waals surface area contributed by atoms with E-state index in [4.69, 9.17) is 0 Å². The third-order valence-corrected chi connectivity index (χ3v) is 2.78. The molecule has 0 aliphatic carbocycles. The van der Waals surface area contributed by atoms with Crippen LogP contribution in [-0.4, -0.2) is 17.3 Å². The molecule has 0 rings (SSSR count). The van der Waals surface area contributed by atoms with E-state index in [-0.39, 0.29) is 5.25 Å². The Morgan fingerprint density at radius 2 is 2.20 bits per heavy atom. The maximum atomic E-state index is 10.3. The Bertz CT molecular complexity index is 83.3. The van der Waals surface area contributed by atoms with Crippen molar-refractivity contribution < 1.29 is 4.79 Å². The van der Waals surface area contributed by atoms with Crippen LogP contribution in [0.1, 0.15) is 33.1 Å². The zero-order valence-electron chi connectivity index (χ0n) is 6.80. The Balaban J connectivity index is 3.17. The summed E-state index contributed by atoms with van der Waals surface area (Å²) in [6, 6.07) is 0. The number of hydrogen-bond acceptors (Lipinski definition) is 2. The van der Waals surface area contributed by atoms with Crippen molar-refractivity contribution in [1.29, 1.82) is 0 Å². The molecule has 0 bridgehead atoms. The third-order valence-electron chi connectivity index (χ3n) is 1.38. The van der Waals surface area contributed by atoms with Crippen molar-refractivity contribution in [3.8, 4) is 0 Å². The fourth-order valence-electron chi connectivity index (χ4n) is 0.632. The first-order chi connectivity index (χ1) is 4.85. The fourth-order valence-corrected chi connectivity index (χ4v) is 1.70. The summed E-state index contributed by atoms with van der Waals surface area (Å²) in [7, 11) is 0. The number of thioether (sulfide) groups is 1. The van der Waals surface area contributed by atoms with E-state index < -0.39 is 0 Å². The Labute approximate surface area is 67.6 Å². The molecule has 0 N–H and O–H groups in total. The number of aldehydes is 1. The van der Waals surface area contributed by atoms with Gasteiger partial charge < -0.3 is 4.79 Å². The molecule has 1 atom stereocenters. The van der Waals surface area contributed by atoms with Crippen molar-refractivity contribution in [3.05, 3.63) is 0 Å². The second kappa shape index (κ2) is 7.13. The standard InChI is InChI=1S/C8H16OS/c1-3-5-6-10-8(4-2)7-9/h7-8H,3-6H2,1-2H3. The number of unbranched alkanes of at least 4 members (excludes halogenated alkanes) is 1. The topological polar surface area (TPSA) is 17.1 Å². The summed E-state index contributed by atoms with van der Waals surface area (Å²) in [5.74, 6) is 1.13. The molecule has 0 aromatic heterocycles. The van der Waals surface area contributed by atoms with Gasteiger partial charge in [0.2, 0.25) is 0 Å². The lowest BCUT2D eigenvalue weighted by Gasteiger charge is -2.04. The molecule has 1 nitrogen and oxygen atoms in total. The van der Waals surface area contributed by atoms with Gasteiger partial charge in [-0.3, -0.25) is 0 Å². The van der Waals surface area contributed by atoms with Crippen molar-refractivity contribution >= 4 is 18.0 Å². The summed E-state index contributed by atoms with van der Waals surface area (Å²) in [4.78, 5) is 10.3. The van der Waals surface area contributed by atoms with Gasteiger partial charge in [0, 0.05) is 0 Å². The Morgan fingerprint density at radius 3 is 2.60 bits per heavy atom. The minimum atomic E-state index is 0.242. The highest BCUT2D eigenvalue weighted by Crippen LogP contribution is 2.13. The van der Waals surface area contributed by atoms with Gasteiger partial charge >= 0.3 is 0 Å². The van der Waals surface area contributed by atoms with Gasteiger partial charge in [0.25, 0.3) is 0 Å². The molecule has 0 aliphatic rings. The second-order valence-corrected chi connectivity index (χ2v) is 3.65. The van der Waals surface area contributed by atoms with E-state index in [2.05, 4.69) is 13.8 Å². The summed E-state index contributed by atoms with van der Waals surface area (Å²) in [5.41, 5.74) is 0. The molecule has 0 radical (unpaired) electrons. The molecular formula is C8H16OS. The second-order valence-electron chi connectivity index (χ2n) is 2.31. The first-order valence-electron chi connectivity index (χ1n) is 3.92. The SMILES string of the molecule is CCCCSC(C=O)CC. The van der Waals surface area contributed by atoms with Crippen molar-refractivity contribution in [3.63, 3.8) is 0 Å². The van der Waals surface area contributed by atoms with E-state index in [1.165, 1.54) is 12.8 Å². The van der Waals surface area contributed by atoms with E-state index in [9.17, 15) is 4.79 Å². The molecular weight excluding hydrogens is 144 g/mol. The highest BCUT2D eigenvalue weighted by atomic mass is 32.2. The average Bonchev–Trinajstić information content (AvgIpc) is 1.99. The van der Waals surface area contributed by atoms with E-state index in [0.29, 0.717) is 0 Å².